The Morgan fingerprint density at radius 1 is 1.38 bits per heavy atom. The highest BCUT2D eigenvalue weighted by molar-refractivity contribution is 6.08. The minimum atomic E-state index is 0.148. The van der Waals surface area contributed by atoms with Crippen LogP contribution in [0.3, 0.4) is 0 Å². The van der Waals surface area contributed by atoms with Crippen LogP contribution in [0, 0.1) is 12.3 Å². The molecule has 2 unspecified atom stereocenters. The molecule has 16 heavy (non-hydrogen) atoms. The monoisotopic (exact) mass is 212 g/mol. The van der Waals surface area contributed by atoms with Crippen molar-refractivity contribution in [1.82, 2.24) is 0 Å². The number of nitrogens with zero attached hydrogens (tertiary/aromatic N) is 1. The Hall–Kier alpha value is -1.20. The van der Waals surface area contributed by atoms with Crippen LogP contribution in [0.5, 0.6) is 0 Å². The fraction of sp³-hybridized carbons (Fsp3) is 0.429. The smallest absolute Gasteiger partial charge is 0.149 e. The maximum Gasteiger partial charge on any atom is 0.149 e. The number of rotatable bonds is 5. The predicted octanol–water partition coefficient (Wildman–Crippen LogP) is 2.17. The summed E-state index contributed by atoms with van der Waals surface area (Å²) in [7, 11) is 5.92. The van der Waals surface area contributed by atoms with Gasteiger partial charge in [-0.3, -0.25) is 0 Å². The van der Waals surface area contributed by atoms with Gasteiger partial charge >= 0.3 is 0 Å². The first kappa shape index (κ1) is 12.9. The van der Waals surface area contributed by atoms with Gasteiger partial charge in [-0.15, -0.1) is 6.42 Å². The zero-order valence-electron chi connectivity index (χ0n) is 10.2. The van der Waals surface area contributed by atoms with Crippen molar-refractivity contribution in [1.29, 1.82) is 0 Å². The van der Waals surface area contributed by atoms with Crippen molar-refractivity contribution in [2.75, 3.05) is 13.0 Å². The number of hydrogen-bond donors (Lipinski definition) is 0. The summed E-state index contributed by atoms with van der Waals surface area (Å²) in [6, 6.07) is 10.5. The molecule has 1 aromatic rings. The summed E-state index contributed by atoms with van der Waals surface area (Å²) in [5, 5.41) is 0. The van der Waals surface area contributed by atoms with Crippen molar-refractivity contribution in [3.8, 4) is 12.3 Å². The van der Waals surface area contributed by atoms with Crippen molar-refractivity contribution >= 4 is 7.85 Å². The normalized spacial score (nSPS) is 16.1. The Balaban J connectivity index is 2.92. The van der Waals surface area contributed by atoms with E-state index in [0.29, 0.717) is 6.44 Å². The van der Waals surface area contributed by atoms with Gasteiger partial charge in [-0.05, 0) is 19.8 Å². The third-order valence-electron chi connectivity index (χ3n) is 3.40. The standard InChI is InChI=1S/C14H19BN/c1-4-13(3)16(5-2,12-15)11-14-9-7-6-8-10-14/h1,6-10,13H,5,11-12H2,2-3H3/q+1. The summed E-state index contributed by atoms with van der Waals surface area (Å²) < 4.78 is 0.751. The molecule has 0 aliphatic heterocycles. The Kier molecular flexibility index (Phi) is 4.64. The van der Waals surface area contributed by atoms with Crippen LogP contribution in [0.4, 0.5) is 0 Å². The van der Waals surface area contributed by atoms with Gasteiger partial charge in [-0.1, -0.05) is 30.3 Å². The largest absolute Gasteiger partial charge is 0.316 e. The van der Waals surface area contributed by atoms with Gasteiger partial charge in [0.2, 0.25) is 0 Å². The van der Waals surface area contributed by atoms with Gasteiger partial charge in [-0.25, -0.2) is 0 Å². The third-order valence-corrected chi connectivity index (χ3v) is 3.40. The van der Waals surface area contributed by atoms with Crippen LogP contribution in [0.15, 0.2) is 30.3 Å². The molecule has 0 heterocycles. The van der Waals surface area contributed by atoms with Gasteiger partial charge in [0.25, 0.3) is 0 Å². The van der Waals surface area contributed by atoms with Crippen LogP contribution in [0.1, 0.15) is 19.4 Å². The van der Waals surface area contributed by atoms with E-state index in [1.54, 1.807) is 0 Å². The highest BCUT2D eigenvalue weighted by Gasteiger charge is 2.28. The van der Waals surface area contributed by atoms with Crippen LogP contribution in [-0.2, 0) is 6.54 Å². The lowest BCUT2D eigenvalue weighted by Crippen LogP contribution is -2.53. The number of terminal acetylenes is 1. The van der Waals surface area contributed by atoms with Gasteiger partial charge in [0.15, 0.2) is 0 Å². The van der Waals surface area contributed by atoms with Crippen LogP contribution in [0.25, 0.3) is 0 Å². The van der Waals surface area contributed by atoms with Gasteiger partial charge in [-0.2, -0.15) is 0 Å². The molecular weight excluding hydrogens is 193 g/mol. The van der Waals surface area contributed by atoms with Crippen molar-refractivity contribution in [2.45, 2.75) is 26.4 Å². The second-order valence-corrected chi connectivity index (χ2v) is 4.20. The van der Waals surface area contributed by atoms with Crippen LogP contribution >= 0.6 is 0 Å². The molecule has 0 aromatic heterocycles. The molecule has 0 saturated heterocycles. The van der Waals surface area contributed by atoms with Crippen LogP contribution in [0.2, 0.25) is 0 Å². The molecule has 2 radical (unpaired) electrons. The van der Waals surface area contributed by atoms with Crippen LogP contribution < -0.4 is 0 Å². The second kappa shape index (κ2) is 5.77. The van der Waals surface area contributed by atoms with E-state index in [4.69, 9.17) is 14.3 Å². The molecule has 0 amide bonds. The summed E-state index contributed by atoms with van der Waals surface area (Å²) in [6.45, 7) is 6.07. The number of benzene rings is 1. The van der Waals surface area contributed by atoms with Gasteiger partial charge in [0.1, 0.15) is 20.4 Å². The van der Waals surface area contributed by atoms with E-state index in [0.717, 1.165) is 17.6 Å². The lowest BCUT2D eigenvalue weighted by Gasteiger charge is -2.40. The van der Waals surface area contributed by atoms with E-state index in [1.165, 1.54) is 5.56 Å². The number of hydrogen-bond acceptors (Lipinski definition) is 0. The molecule has 0 saturated carbocycles. The quantitative estimate of drug-likeness (QED) is 0.398. The van der Waals surface area contributed by atoms with E-state index in [9.17, 15) is 0 Å². The molecule has 1 nitrogen and oxygen atoms in total. The first-order chi connectivity index (χ1) is 7.68. The minimum absolute atomic E-state index is 0.148. The number of quaternary nitrogens is 1. The molecule has 1 aromatic carbocycles. The maximum atomic E-state index is 5.92. The molecule has 0 fully saturated rings. The average Bonchev–Trinajstić information content (AvgIpc) is 2.36. The molecular formula is C14H19BN+. The average molecular weight is 212 g/mol. The molecule has 0 bridgehead atoms. The molecule has 2 atom stereocenters. The first-order valence-corrected chi connectivity index (χ1v) is 5.74. The van der Waals surface area contributed by atoms with Crippen LogP contribution in [-0.4, -0.2) is 31.4 Å². The van der Waals surface area contributed by atoms with E-state index in [1.807, 2.05) is 6.07 Å². The first-order valence-electron chi connectivity index (χ1n) is 5.74. The fourth-order valence-electron chi connectivity index (χ4n) is 1.98. The fourth-order valence-corrected chi connectivity index (χ4v) is 1.98. The molecule has 0 spiro atoms. The summed E-state index contributed by atoms with van der Waals surface area (Å²) in [6.07, 6.45) is 6.12. The molecule has 82 valence electrons. The van der Waals surface area contributed by atoms with E-state index in [-0.39, 0.29) is 6.04 Å². The predicted molar refractivity (Wildman–Crippen MR) is 69.9 cm³/mol. The second-order valence-electron chi connectivity index (χ2n) is 4.20. The van der Waals surface area contributed by atoms with Crippen molar-refractivity contribution in [2.24, 2.45) is 0 Å². The van der Waals surface area contributed by atoms with Crippen molar-refractivity contribution in [3.05, 3.63) is 35.9 Å². The highest BCUT2D eigenvalue weighted by Crippen LogP contribution is 2.18. The molecule has 0 aliphatic rings. The maximum absolute atomic E-state index is 5.92. The van der Waals surface area contributed by atoms with E-state index >= 15 is 0 Å². The lowest BCUT2D eigenvalue weighted by molar-refractivity contribution is -0.943. The Morgan fingerprint density at radius 2 is 2.00 bits per heavy atom. The molecule has 1 rings (SSSR count). The molecule has 0 aliphatic carbocycles. The third kappa shape index (κ3) is 2.68. The SMILES string of the molecule is [B]C[N+](CC)(Cc1ccccc1)C(C)C#C. The van der Waals surface area contributed by atoms with Gasteiger partial charge in [0, 0.05) is 12.0 Å². The zero-order valence-corrected chi connectivity index (χ0v) is 10.2. The van der Waals surface area contributed by atoms with Gasteiger partial charge in [0.05, 0.1) is 6.54 Å². The van der Waals surface area contributed by atoms with Crippen molar-refractivity contribution in [3.63, 3.8) is 0 Å². The molecule has 0 N–H and O–H groups in total. The summed E-state index contributed by atoms with van der Waals surface area (Å²) >= 11 is 0. The minimum Gasteiger partial charge on any atom is -0.316 e. The zero-order chi connectivity index (χ0) is 12.0. The van der Waals surface area contributed by atoms with Gasteiger partial charge < -0.3 is 4.48 Å². The van der Waals surface area contributed by atoms with E-state index in [2.05, 4.69) is 44.0 Å². The Labute approximate surface area is 100 Å². The Bertz CT molecular complexity index is 349. The van der Waals surface area contributed by atoms with Crippen molar-refractivity contribution < 1.29 is 4.48 Å². The molecule has 2 heteroatoms. The Morgan fingerprint density at radius 3 is 2.44 bits per heavy atom. The summed E-state index contributed by atoms with van der Waals surface area (Å²) in [5.74, 6) is 2.82. The lowest BCUT2D eigenvalue weighted by atomic mass is 10.0. The topological polar surface area (TPSA) is 0 Å². The van der Waals surface area contributed by atoms with E-state index < -0.39 is 0 Å². The summed E-state index contributed by atoms with van der Waals surface area (Å²) in [4.78, 5) is 0. The summed E-state index contributed by atoms with van der Waals surface area (Å²) in [5.41, 5.74) is 1.29. The highest BCUT2D eigenvalue weighted by atomic mass is 15.4.